The molecular formula is C21H21FN4O. The van der Waals surface area contributed by atoms with Crippen LogP contribution in [0.1, 0.15) is 26.2 Å². The van der Waals surface area contributed by atoms with Gasteiger partial charge in [0.2, 0.25) is 11.9 Å². The number of carbonyl (C=O) groups excluding carboxylic acids is 1. The van der Waals surface area contributed by atoms with Gasteiger partial charge in [-0.2, -0.15) is 4.98 Å². The second-order valence-corrected chi connectivity index (χ2v) is 6.84. The van der Waals surface area contributed by atoms with Gasteiger partial charge < -0.3 is 4.90 Å². The van der Waals surface area contributed by atoms with Gasteiger partial charge in [0, 0.05) is 25.4 Å². The van der Waals surface area contributed by atoms with Crippen LogP contribution in [0.25, 0.3) is 22.0 Å². The molecule has 1 amide bonds. The van der Waals surface area contributed by atoms with Crippen molar-refractivity contribution < 1.29 is 9.18 Å². The van der Waals surface area contributed by atoms with E-state index in [1.807, 2.05) is 18.2 Å². The Morgan fingerprint density at radius 1 is 1.00 bits per heavy atom. The van der Waals surface area contributed by atoms with Crippen LogP contribution < -0.4 is 10.2 Å². The molecule has 2 aromatic carbocycles. The average Bonchev–Trinajstić information content (AvgIpc) is 2.68. The smallest absolute Gasteiger partial charge is 0.231 e. The minimum absolute atomic E-state index is 0.193. The lowest BCUT2D eigenvalue weighted by molar-refractivity contribution is -0.114. The van der Waals surface area contributed by atoms with Crippen molar-refractivity contribution >= 4 is 28.6 Å². The lowest BCUT2D eigenvalue weighted by Crippen LogP contribution is -2.30. The van der Waals surface area contributed by atoms with Crippen molar-refractivity contribution in [2.45, 2.75) is 26.2 Å². The van der Waals surface area contributed by atoms with E-state index in [-0.39, 0.29) is 11.7 Å². The molecule has 4 rings (SSSR count). The Morgan fingerprint density at radius 2 is 1.70 bits per heavy atom. The minimum atomic E-state index is -0.253. The molecule has 138 valence electrons. The highest BCUT2D eigenvalue weighted by Gasteiger charge is 2.18. The number of hydrogen-bond donors (Lipinski definition) is 1. The van der Waals surface area contributed by atoms with Crippen LogP contribution in [0.3, 0.4) is 0 Å². The monoisotopic (exact) mass is 364 g/mol. The van der Waals surface area contributed by atoms with Gasteiger partial charge >= 0.3 is 0 Å². The van der Waals surface area contributed by atoms with Gasteiger partial charge in [0.1, 0.15) is 11.6 Å². The lowest BCUT2D eigenvalue weighted by atomic mass is 10.0. The Balaban J connectivity index is 1.84. The molecule has 0 bridgehead atoms. The number of amides is 1. The van der Waals surface area contributed by atoms with Crippen LogP contribution in [0.4, 0.5) is 16.2 Å². The van der Waals surface area contributed by atoms with Crippen molar-refractivity contribution in [1.82, 2.24) is 9.97 Å². The molecule has 1 aromatic heterocycles. The summed E-state index contributed by atoms with van der Waals surface area (Å²) in [4.78, 5) is 22.9. The van der Waals surface area contributed by atoms with E-state index >= 15 is 0 Å². The fourth-order valence-electron chi connectivity index (χ4n) is 3.49. The van der Waals surface area contributed by atoms with Crippen molar-refractivity contribution in [3.8, 4) is 11.1 Å². The van der Waals surface area contributed by atoms with E-state index in [9.17, 15) is 9.18 Å². The van der Waals surface area contributed by atoms with Gasteiger partial charge in [-0.15, -0.1) is 0 Å². The molecule has 0 aliphatic carbocycles. The van der Waals surface area contributed by atoms with Crippen LogP contribution in [-0.2, 0) is 4.79 Å². The third kappa shape index (κ3) is 3.74. The largest absolute Gasteiger partial charge is 0.356 e. The first kappa shape index (κ1) is 17.4. The molecule has 0 spiro atoms. The summed E-state index contributed by atoms with van der Waals surface area (Å²) in [6.07, 6.45) is 3.47. The highest BCUT2D eigenvalue weighted by Crippen LogP contribution is 2.31. The molecule has 3 aromatic rings. The summed E-state index contributed by atoms with van der Waals surface area (Å²) >= 11 is 0. The van der Waals surface area contributed by atoms with Gasteiger partial charge in [0.15, 0.2) is 0 Å². The summed E-state index contributed by atoms with van der Waals surface area (Å²) in [7, 11) is 0. The zero-order valence-electron chi connectivity index (χ0n) is 15.2. The quantitative estimate of drug-likeness (QED) is 0.749. The first-order valence-electron chi connectivity index (χ1n) is 9.20. The molecule has 1 saturated heterocycles. The first-order chi connectivity index (χ1) is 13.1. The zero-order chi connectivity index (χ0) is 18.8. The Kier molecular flexibility index (Phi) is 4.71. The molecule has 0 saturated carbocycles. The molecule has 27 heavy (non-hydrogen) atoms. The Bertz CT molecular complexity index is 981. The van der Waals surface area contributed by atoms with Crippen LogP contribution >= 0.6 is 0 Å². The van der Waals surface area contributed by atoms with E-state index in [2.05, 4.69) is 20.2 Å². The third-order valence-corrected chi connectivity index (χ3v) is 4.80. The highest BCUT2D eigenvalue weighted by molar-refractivity contribution is 5.95. The lowest BCUT2D eigenvalue weighted by Gasteiger charge is -2.29. The van der Waals surface area contributed by atoms with E-state index in [1.54, 1.807) is 12.1 Å². The maximum atomic E-state index is 13.2. The molecule has 0 unspecified atom stereocenters. The Labute approximate surface area is 157 Å². The summed E-state index contributed by atoms with van der Waals surface area (Å²) in [5.74, 6) is 0.719. The third-order valence-electron chi connectivity index (χ3n) is 4.80. The van der Waals surface area contributed by atoms with Crippen LogP contribution in [0, 0.1) is 5.82 Å². The van der Waals surface area contributed by atoms with Crippen LogP contribution in [0.5, 0.6) is 0 Å². The number of rotatable bonds is 3. The predicted octanol–water partition coefficient (Wildman–Crippen LogP) is 4.38. The number of carbonyl (C=O) groups is 1. The number of nitrogens with one attached hydrogen (secondary N) is 1. The van der Waals surface area contributed by atoms with Gasteiger partial charge in [-0.3, -0.25) is 10.1 Å². The molecule has 5 nitrogen and oxygen atoms in total. The average molecular weight is 364 g/mol. The number of halogens is 1. The molecule has 0 atom stereocenters. The first-order valence-corrected chi connectivity index (χ1v) is 9.20. The second kappa shape index (κ2) is 7.31. The number of piperidine rings is 1. The summed E-state index contributed by atoms with van der Waals surface area (Å²) in [6, 6.07) is 12.4. The van der Waals surface area contributed by atoms with Crippen molar-refractivity contribution in [3.05, 3.63) is 48.3 Å². The number of aromatic nitrogens is 2. The van der Waals surface area contributed by atoms with E-state index in [4.69, 9.17) is 0 Å². The maximum absolute atomic E-state index is 13.2. The molecule has 6 heteroatoms. The second-order valence-electron chi connectivity index (χ2n) is 6.84. The van der Waals surface area contributed by atoms with E-state index in [1.165, 1.54) is 25.5 Å². The number of hydrogen-bond acceptors (Lipinski definition) is 4. The van der Waals surface area contributed by atoms with Gasteiger partial charge in [0.05, 0.1) is 5.52 Å². The van der Waals surface area contributed by atoms with Gasteiger partial charge in [-0.25, -0.2) is 9.37 Å². The van der Waals surface area contributed by atoms with Gasteiger partial charge in [0.25, 0.3) is 0 Å². The number of fused-ring (bicyclic) bond motifs is 1. The van der Waals surface area contributed by atoms with Crippen LogP contribution in [0.15, 0.2) is 42.5 Å². The topological polar surface area (TPSA) is 58.1 Å². The molecule has 1 fully saturated rings. The molecular weight excluding hydrogens is 343 g/mol. The summed E-state index contributed by atoms with van der Waals surface area (Å²) in [6.45, 7) is 3.32. The summed E-state index contributed by atoms with van der Waals surface area (Å²) < 4.78 is 13.2. The number of benzene rings is 2. The maximum Gasteiger partial charge on any atom is 0.231 e. The van der Waals surface area contributed by atoms with E-state index < -0.39 is 0 Å². The van der Waals surface area contributed by atoms with Crippen LogP contribution in [-0.4, -0.2) is 29.0 Å². The van der Waals surface area contributed by atoms with Gasteiger partial charge in [-0.05, 0) is 54.7 Å². The normalized spacial score (nSPS) is 14.4. The van der Waals surface area contributed by atoms with Crippen molar-refractivity contribution in [2.24, 2.45) is 0 Å². The van der Waals surface area contributed by atoms with Crippen LogP contribution in [0.2, 0.25) is 0 Å². The van der Waals surface area contributed by atoms with E-state index in [0.717, 1.165) is 53.8 Å². The van der Waals surface area contributed by atoms with Crippen molar-refractivity contribution in [3.63, 3.8) is 0 Å². The standard InChI is InChI=1S/C21H21FN4O/c1-14(27)23-21-24-19-10-7-16(15-5-8-17(22)9-6-15)13-18(19)20(25-21)26-11-3-2-4-12-26/h5-10,13H,2-4,11-12H2,1H3,(H,23,24,25,27). The molecule has 1 aliphatic rings. The fraction of sp³-hybridized carbons (Fsp3) is 0.286. The number of anilines is 2. The fourth-order valence-corrected chi connectivity index (χ4v) is 3.49. The molecule has 1 aliphatic heterocycles. The molecule has 1 N–H and O–H groups in total. The van der Waals surface area contributed by atoms with E-state index in [0.29, 0.717) is 5.95 Å². The predicted molar refractivity (Wildman–Crippen MR) is 105 cm³/mol. The highest BCUT2D eigenvalue weighted by atomic mass is 19.1. The summed E-state index contributed by atoms with van der Waals surface area (Å²) in [5.41, 5.74) is 2.70. The Hall–Kier alpha value is -3.02. The molecule has 2 heterocycles. The van der Waals surface area contributed by atoms with Crippen molar-refractivity contribution in [2.75, 3.05) is 23.3 Å². The van der Waals surface area contributed by atoms with Crippen molar-refractivity contribution in [1.29, 1.82) is 0 Å². The summed E-state index contributed by atoms with van der Waals surface area (Å²) in [5, 5.41) is 3.64. The zero-order valence-corrected chi connectivity index (χ0v) is 15.2. The molecule has 0 radical (unpaired) electrons. The van der Waals surface area contributed by atoms with Gasteiger partial charge in [-0.1, -0.05) is 18.2 Å². The Morgan fingerprint density at radius 3 is 2.41 bits per heavy atom. The minimum Gasteiger partial charge on any atom is -0.356 e. The number of nitrogens with zero attached hydrogens (tertiary/aromatic N) is 3. The SMILES string of the molecule is CC(=O)Nc1nc(N2CCCCC2)c2cc(-c3ccc(F)cc3)ccc2n1.